The molecule has 1 amide bonds. The van der Waals surface area contributed by atoms with Crippen LogP contribution >= 0.6 is 0 Å². The predicted octanol–water partition coefficient (Wildman–Crippen LogP) is 4.11. The number of carbonyl (C=O) groups excluding carboxylic acids is 1. The second-order valence-electron chi connectivity index (χ2n) is 5.94. The molecule has 25 heavy (non-hydrogen) atoms. The van der Waals surface area contributed by atoms with Crippen LogP contribution in [0.1, 0.15) is 43.0 Å². The Balaban J connectivity index is 2.02. The molecule has 4 heteroatoms. The molecule has 0 aliphatic heterocycles. The van der Waals surface area contributed by atoms with Crippen molar-refractivity contribution in [2.45, 2.75) is 32.7 Å². The molecular formula is C21H24N2O2. The Hall–Kier alpha value is -2.80. The number of hydrogen-bond donors (Lipinski definition) is 0. The Kier molecular flexibility index (Phi) is 6.59. The predicted molar refractivity (Wildman–Crippen MR) is 98.3 cm³/mol. The second kappa shape index (κ2) is 8.89. The van der Waals surface area contributed by atoms with Gasteiger partial charge in [0.1, 0.15) is 5.75 Å². The summed E-state index contributed by atoms with van der Waals surface area (Å²) in [6.45, 7) is 4.66. The van der Waals surface area contributed by atoms with Crippen LogP contribution in [-0.2, 0) is 11.2 Å². The molecule has 1 unspecified atom stereocenters. The SMILES string of the molecule is CCN(C(=O)CCc1cccc(OC)c1)C(C)c1ccc(C#N)cc1. The summed E-state index contributed by atoms with van der Waals surface area (Å²) >= 11 is 0. The molecule has 0 saturated heterocycles. The third-order valence-corrected chi connectivity index (χ3v) is 4.41. The van der Waals surface area contributed by atoms with Gasteiger partial charge in [-0.15, -0.1) is 0 Å². The first-order valence-electron chi connectivity index (χ1n) is 8.51. The molecule has 0 spiro atoms. The van der Waals surface area contributed by atoms with Gasteiger partial charge in [-0.05, 0) is 55.7 Å². The van der Waals surface area contributed by atoms with Gasteiger partial charge in [0, 0.05) is 13.0 Å². The number of benzene rings is 2. The average molecular weight is 336 g/mol. The van der Waals surface area contributed by atoms with Crippen LogP contribution in [0.4, 0.5) is 0 Å². The number of nitriles is 1. The lowest BCUT2D eigenvalue weighted by molar-refractivity contribution is -0.133. The van der Waals surface area contributed by atoms with Gasteiger partial charge >= 0.3 is 0 Å². The van der Waals surface area contributed by atoms with Crippen molar-refractivity contribution in [3.63, 3.8) is 0 Å². The van der Waals surface area contributed by atoms with Crippen molar-refractivity contribution in [1.82, 2.24) is 4.90 Å². The molecule has 0 aliphatic carbocycles. The molecule has 0 bridgehead atoms. The average Bonchev–Trinajstić information content (AvgIpc) is 2.67. The maximum absolute atomic E-state index is 12.7. The Bertz CT molecular complexity index is 747. The highest BCUT2D eigenvalue weighted by atomic mass is 16.5. The molecule has 130 valence electrons. The quantitative estimate of drug-likeness (QED) is 0.764. The summed E-state index contributed by atoms with van der Waals surface area (Å²) in [5, 5.41) is 8.90. The van der Waals surface area contributed by atoms with Gasteiger partial charge in [-0.2, -0.15) is 5.26 Å². The van der Waals surface area contributed by atoms with Crippen molar-refractivity contribution in [1.29, 1.82) is 5.26 Å². The van der Waals surface area contributed by atoms with E-state index < -0.39 is 0 Å². The number of carbonyl (C=O) groups is 1. The smallest absolute Gasteiger partial charge is 0.223 e. The number of ether oxygens (including phenoxy) is 1. The Morgan fingerprint density at radius 2 is 1.96 bits per heavy atom. The van der Waals surface area contributed by atoms with Crippen molar-refractivity contribution in [3.8, 4) is 11.8 Å². The molecule has 2 aromatic carbocycles. The van der Waals surface area contributed by atoms with Gasteiger partial charge < -0.3 is 9.64 Å². The Labute approximate surface area is 149 Å². The van der Waals surface area contributed by atoms with Crippen LogP contribution in [0.15, 0.2) is 48.5 Å². The van der Waals surface area contributed by atoms with E-state index in [1.54, 1.807) is 19.2 Å². The maximum Gasteiger partial charge on any atom is 0.223 e. The molecular weight excluding hydrogens is 312 g/mol. The van der Waals surface area contributed by atoms with Gasteiger partial charge in [0.2, 0.25) is 5.91 Å². The van der Waals surface area contributed by atoms with E-state index in [-0.39, 0.29) is 11.9 Å². The topological polar surface area (TPSA) is 53.3 Å². The highest BCUT2D eigenvalue weighted by Gasteiger charge is 2.19. The zero-order valence-electron chi connectivity index (χ0n) is 15.0. The van der Waals surface area contributed by atoms with Crippen LogP contribution in [0.5, 0.6) is 5.75 Å². The highest BCUT2D eigenvalue weighted by molar-refractivity contribution is 5.77. The molecule has 2 aromatic rings. The van der Waals surface area contributed by atoms with Crippen molar-refractivity contribution < 1.29 is 9.53 Å². The number of aryl methyl sites for hydroxylation is 1. The van der Waals surface area contributed by atoms with Crippen LogP contribution in [0, 0.1) is 11.3 Å². The fourth-order valence-electron chi connectivity index (χ4n) is 2.91. The number of methoxy groups -OCH3 is 1. The van der Waals surface area contributed by atoms with Crippen LogP contribution in [-0.4, -0.2) is 24.5 Å². The van der Waals surface area contributed by atoms with Gasteiger partial charge in [-0.25, -0.2) is 0 Å². The Morgan fingerprint density at radius 1 is 1.24 bits per heavy atom. The minimum atomic E-state index is -0.0180. The first-order chi connectivity index (χ1) is 12.1. The van der Waals surface area contributed by atoms with E-state index in [1.165, 1.54) is 0 Å². The van der Waals surface area contributed by atoms with Crippen molar-refractivity contribution in [3.05, 3.63) is 65.2 Å². The van der Waals surface area contributed by atoms with Crippen molar-refractivity contribution >= 4 is 5.91 Å². The third-order valence-electron chi connectivity index (χ3n) is 4.41. The van der Waals surface area contributed by atoms with Crippen molar-refractivity contribution in [2.75, 3.05) is 13.7 Å². The van der Waals surface area contributed by atoms with E-state index >= 15 is 0 Å². The fourth-order valence-corrected chi connectivity index (χ4v) is 2.91. The lowest BCUT2D eigenvalue weighted by Crippen LogP contribution is -2.33. The van der Waals surface area contributed by atoms with Crippen LogP contribution < -0.4 is 4.74 Å². The summed E-state index contributed by atoms with van der Waals surface area (Å²) in [6, 6.07) is 17.3. The van der Waals surface area contributed by atoms with E-state index in [0.29, 0.717) is 24.9 Å². The van der Waals surface area contributed by atoms with Gasteiger partial charge in [-0.1, -0.05) is 24.3 Å². The van der Waals surface area contributed by atoms with Crippen LogP contribution in [0.3, 0.4) is 0 Å². The van der Waals surface area contributed by atoms with E-state index in [0.717, 1.165) is 16.9 Å². The summed E-state index contributed by atoms with van der Waals surface area (Å²) in [5.74, 6) is 0.936. The van der Waals surface area contributed by atoms with Crippen molar-refractivity contribution in [2.24, 2.45) is 0 Å². The van der Waals surface area contributed by atoms with Gasteiger partial charge in [0.05, 0.1) is 24.8 Å². The zero-order valence-corrected chi connectivity index (χ0v) is 15.0. The molecule has 0 radical (unpaired) electrons. The first-order valence-corrected chi connectivity index (χ1v) is 8.51. The second-order valence-corrected chi connectivity index (χ2v) is 5.94. The monoisotopic (exact) mass is 336 g/mol. The standard InChI is InChI=1S/C21H24N2O2/c1-4-23(16(2)19-11-8-18(15-22)9-12-19)21(24)13-10-17-6-5-7-20(14-17)25-3/h5-9,11-12,14,16H,4,10,13H2,1-3H3. The molecule has 1 atom stereocenters. The maximum atomic E-state index is 12.7. The zero-order chi connectivity index (χ0) is 18.2. The number of nitrogens with zero attached hydrogens (tertiary/aromatic N) is 2. The molecule has 0 fully saturated rings. The van der Waals surface area contributed by atoms with Crippen LogP contribution in [0.2, 0.25) is 0 Å². The molecule has 2 rings (SSSR count). The van der Waals surface area contributed by atoms with Crippen LogP contribution in [0.25, 0.3) is 0 Å². The first kappa shape index (κ1) is 18.5. The van der Waals surface area contributed by atoms with E-state index in [4.69, 9.17) is 10.00 Å². The lowest BCUT2D eigenvalue weighted by atomic mass is 10.0. The largest absolute Gasteiger partial charge is 0.497 e. The minimum absolute atomic E-state index is 0.0180. The summed E-state index contributed by atoms with van der Waals surface area (Å²) in [6.07, 6.45) is 1.15. The normalized spacial score (nSPS) is 11.4. The summed E-state index contributed by atoms with van der Waals surface area (Å²) in [4.78, 5) is 14.6. The molecule has 0 aliphatic rings. The molecule has 0 N–H and O–H groups in total. The fraction of sp³-hybridized carbons (Fsp3) is 0.333. The highest BCUT2D eigenvalue weighted by Crippen LogP contribution is 2.22. The number of rotatable bonds is 7. The summed E-state index contributed by atoms with van der Waals surface area (Å²) in [7, 11) is 1.64. The summed E-state index contributed by atoms with van der Waals surface area (Å²) in [5.41, 5.74) is 2.76. The molecule has 0 saturated carbocycles. The van der Waals surface area contributed by atoms with E-state index in [9.17, 15) is 4.79 Å². The van der Waals surface area contributed by atoms with Gasteiger partial charge in [0.25, 0.3) is 0 Å². The number of amides is 1. The van der Waals surface area contributed by atoms with Gasteiger partial charge in [-0.3, -0.25) is 4.79 Å². The molecule has 4 nitrogen and oxygen atoms in total. The molecule has 0 heterocycles. The third kappa shape index (κ3) is 4.84. The van der Waals surface area contributed by atoms with E-state index in [1.807, 2.05) is 55.1 Å². The minimum Gasteiger partial charge on any atom is -0.497 e. The van der Waals surface area contributed by atoms with E-state index in [2.05, 4.69) is 6.07 Å². The lowest BCUT2D eigenvalue weighted by Gasteiger charge is -2.28. The summed E-state index contributed by atoms with van der Waals surface area (Å²) < 4.78 is 5.23. The number of hydrogen-bond acceptors (Lipinski definition) is 3. The Morgan fingerprint density at radius 3 is 2.56 bits per heavy atom. The van der Waals surface area contributed by atoms with Gasteiger partial charge in [0.15, 0.2) is 0 Å². The molecule has 0 aromatic heterocycles.